The number of ether oxygens (including phenoxy) is 1. The molecule has 1 N–H and O–H groups in total. The largest absolute Gasteiger partial charge is 0.481 e. The molecular formula is C35H64O4. The maximum atomic E-state index is 11.6. The Morgan fingerprint density at radius 1 is 0.641 bits per heavy atom. The van der Waals surface area contributed by atoms with E-state index in [9.17, 15) is 14.7 Å². The highest BCUT2D eigenvalue weighted by Gasteiger charge is 2.21. The summed E-state index contributed by atoms with van der Waals surface area (Å²) < 4.78 is 4.91. The van der Waals surface area contributed by atoms with Gasteiger partial charge < -0.3 is 9.84 Å². The molecule has 0 aliphatic carbocycles. The van der Waals surface area contributed by atoms with Gasteiger partial charge >= 0.3 is 11.9 Å². The van der Waals surface area contributed by atoms with E-state index in [1.807, 2.05) is 0 Å². The van der Waals surface area contributed by atoms with Crippen LogP contribution in [0.5, 0.6) is 0 Å². The van der Waals surface area contributed by atoms with Crippen LogP contribution in [0.4, 0.5) is 0 Å². The minimum atomic E-state index is -0.904. The van der Waals surface area contributed by atoms with Crippen molar-refractivity contribution in [3.8, 4) is 0 Å². The maximum absolute atomic E-state index is 11.6. The molecule has 0 aliphatic rings. The number of allylic oxidation sites excluding steroid dienone is 2. The second-order valence-corrected chi connectivity index (χ2v) is 11.5. The number of rotatable bonds is 31. The molecule has 0 rings (SSSR count). The van der Waals surface area contributed by atoms with Crippen molar-refractivity contribution in [2.45, 2.75) is 174 Å². The number of carboxylic acid groups (broad SMARTS) is 1. The monoisotopic (exact) mass is 548 g/mol. The Labute approximate surface area is 242 Å². The second kappa shape index (κ2) is 31.0. The molecule has 1 unspecified atom stereocenters. The number of carboxylic acids is 1. The first-order valence-corrected chi connectivity index (χ1v) is 16.8. The standard InChI is InChI=1S/C35H64O4/c1-3-5-6-7-8-9-10-11-12-13-14-15-16-17-18-19-20-21-22-23-24-25-26-27-28-29-30-33(35(37)38)32-34(36)39-31-4-2/h4,20-21,33H,2-3,5-19,22-32H2,1H3,(H,37,38)/b21-20+. The molecular weight excluding hydrogens is 484 g/mol. The van der Waals surface area contributed by atoms with Crippen LogP contribution in [0.25, 0.3) is 0 Å². The van der Waals surface area contributed by atoms with E-state index in [2.05, 4.69) is 25.7 Å². The molecule has 0 radical (unpaired) electrons. The smallest absolute Gasteiger partial charge is 0.307 e. The van der Waals surface area contributed by atoms with Crippen LogP contribution in [0.3, 0.4) is 0 Å². The SMILES string of the molecule is C=CCOC(=O)CC(CCCCCCCCC/C=C/CCCCCCCCCCCCCCCCC)C(=O)O. The summed E-state index contributed by atoms with van der Waals surface area (Å²) in [7, 11) is 0. The van der Waals surface area contributed by atoms with Gasteiger partial charge in [-0.05, 0) is 32.1 Å². The van der Waals surface area contributed by atoms with Crippen molar-refractivity contribution < 1.29 is 19.4 Å². The Morgan fingerprint density at radius 3 is 1.41 bits per heavy atom. The quantitative estimate of drug-likeness (QED) is 0.0531. The number of hydrogen-bond donors (Lipinski definition) is 1. The molecule has 0 spiro atoms. The zero-order chi connectivity index (χ0) is 28.7. The molecule has 0 fully saturated rings. The third-order valence-corrected chi connectivity index (χ3v) is 7.69. The molecule has 0 bridgehead atoms. The molecule has 0 aromatic heterocycles. The van der Waals surface area contributed by atoms with Gasteiger partial charge in [0.1, 0.15) is 6.61 Å². The van der Waals surface area contributed by atoms with Crippen molar-refractivity contribution in [3.63, 3.8) is 0 Å². The first kappa shape index (κ1) is 37.4. The van der Waals surface area contributed by atoms with Crippen molar-refractivity contribution in [1.29, 1.82) is 0 Å². The van der Waals surface area contributed by atoms with Crippen molar-refractivity contribution in [1.82, 2.24) is 0 Å². The van der Waals surface area contributed by atoms with E-state index in [1.54, 1.807) is 0 Å². The molecule has 0 saturated heterocycles. The highest BCUT2D eigenvalue weighted by Crippen LogP contribution is 2.17. The lowest BCUT2D eigenvalue weighted by molar-refractivity contribution is -0.151. The Kier molecular flexibility index (Phi) is 29.7. The highest BCUT2D eigenvalue weighted by molar-refractivity contribution is 5.78. The summed E-state index contributed by atoms with van der Waals surface area (Å²) in [5.74, 6) is -1.99. The van der Waals surface area contributed by atoms with Gasteiger partial charge in [0, 0.05) is 0 Å². The predicted molar refractivity (Wildman–Crippen MR) is 167 cm³/mol. The van der Waals surface area contributed by atoms with Crippen LogP contribution < -0.4 is 0 Å². The van der Waals surface area contributed by atoms with Crippen molar-refractivity contribution in [2.75, 3.05) is 6.61 Å². The molecule has 4 nitrogen and oxygen atoms in total. The molecule has 0 aromatic rings. The number of carbonyl (C=O) groups is 2. The van der Waals surface area contributed by atoms with Crippen LogP contribution in [0.15, 0.2) is 24.8 Å². The fourth-order valence-corrected chi connectivity index (χ4v) is 5.13. The maximum Gasteiger partial charge on any atom is 0.307 e. The van der Waals surface area contributed by atoms with Crippen LogP contribution >= 0.6 is 0 Å². The summed E-state index contributed by atoms with van der Waals surface area (Å²) in [6.45, 7) is 5.92. The molecule has 228 valence electrons. The van der Waals surface area contributed by atoms with E-state index >= 15 is 0 Å². The lowest BCUT2D eigenvalue weighted by Gasteiger charge is -2.11. The van der Waals surface area contributed by atoms with Gasteiger partial charge in [0.05, 0.1) is 12.3 Å². The van der Waals surface area contributed by atoms with E-state index < -0.39 is 17.9 Å². The molecule has 0 heterocycles. The fourth-order valence-electron chi connectivity index (χ4n) is 5.13. The first-order valence-electron chi connectivity index (χ1n) is 16.8. The number of hydrogen-bond acceptors (Lipinski definition) is 3. The second-order valence-electron chi connectivity index (χ2n) is 11.5. The van der Waals surface area contributed by atoms with Gasteiger partial charge in [0.2, 0.25) is 0 Å². The highest BCUT2D eigenvalue weighted by atomic mass is 16.5. The van der Waals surface area contributed by atoms with Gasteiger partial charge in [-0.1, -0.05) is 160 Å². The Hall–Kier alpha value is -1.58. The molecule has 4 heteroatoms. The summed E-state index contributed by atoms with van der Waals surface area (Å²) in [6.07, 6.45) is 38.6. The van der Waals surface area contributed by atoms with Gasteiger partial charge in [-0.2, -0.15) is 0 Å². The van der Waals surface area contributed by atoms with Gasteiger partial charge in [-0.3, -0.25) is 9.59 Å². The van der Waals surface area contributed by atoms with Gasteiger partial charge in [-0.15, -0.1) is 0 Å². The summed E-state index contributed by atoms with van der Waals surface area (Å²) in [4.78, 5) is 23.0. The lowest BCUT2D eigenvalue weighted by atomic mass is 9.97. The van der Waals surface area contributed by atoms with Crippen LogP contribution in [-0.4, -0.2) is 23.7 Å². The minimum absolute atomic E-state index is 0.0455. The van der Waals surface area contributed by atoms with Crippen LogP contribution in [-0.2, 0) is 14.3 Å². The van der Waals surface area contributed by atoms with Crippen LogP contribution in [0.2, 0.25) is 0 Å². The predicted octanol–water partition coefficient (Wildman–Crippen LogP) is 11.1. The number of esters is 1. The Balaban J connectivity index is 3.34. The molecule has 1 atom stereocenters. The zero-order valence-electron chi connectivity index (χ0n) is 25.8. The van der Waals surface area contributed by atoms with Crippen molar-refractivity contribution in [2.24, 2.45) is 5.92 Å². The topological polar surface area (TPSA) is 63.6 Å². The summed E-state index contributed by atoms with van der Waals surface area (Å²) in [6, 6.07) is 0. The fraction of sp³-hybridized carbons (Fsp3) is 0.829. The number of carbonyl (C=O) groups excluding carboxylic acids is 1. The molecule has 0 aromatic carbocycles. The van der Waals surface area contributed by atoms with E-state index in [0.29, 0.717) is 6.42 Å². The van der Waals surface area contributed by atoms with Crippen molar-refractivity contribution >= 4 is 11.9 Å². The van der Waals surface area contributed by atoms with Gasteiger partial charge in [0.25, 0.3) is 0 Å². The van der Waals surface area contributed by atoms with E-state index in [1.165, 1.54) is 141 Å². The average Bonchev–Trinajstić information content (AvgIpc) is 2.93. The van der Waals surface area contributed by atoms with E-state index in [4.69, 9.17) is 4.74 Å². The van der Waals surface area contributed by atoms with Crippen molar-refractivity contribution in [3.05, 3.63) is 24.8 Å². The average molecular weight is 549 g/mol. The first-order chi connectivity index (χ1) is 19.1. The van der Waals surface area contributed by atoms with Crippen LogP contribution in [0.1, 0.15) is 174 Å². The molecule has 0 saturated carbocycles. The summed E-state index contributed by atoms with van der Waals surface area (Å²) >= 11 is 0. The van der Waals surface area contributed by atoms with Crippen LogP contribution in [0, 0.1) is 5.92 Å². The number of unbranched alkanes of at least 4 members (excludes halogenated alkanes) is 22. The van der Waals surface area contributed by atoms with Gasteiger partial charge in [-0.25, -0.2) is 0 Å². The lowest BCUT2D eigenvalue weighted by Crippen LogP contribution is -2.19. The number of aliphatic carboxylic acids is 1. The van der Waals surface area contributed by atoms with E-state index in [-0.39, 0.29) is 13.0 Å². The molecule has 0 aliphatic heterocycles. The van der Waals surface area contributed by atoms with Gasteiger partial charge in [0.15, 0.2) is 0 Å². The summed E-state index contributed by atoms with van der Waals surface area (Å²) in [5, 5.41) is 9.31. The Bertz CT molecular complexity index is 583. The van der Waals surface area contributed by atoms with E-state index in [0.717, 1.165) is 19.3 Å². The Morgan fingerprint density at radius 2 is 1.03 bits per heavy atom. The zero-order valence-corrected chi connectivity index (χ0v) is 25.8. The normalized spacial score (nSPS) is 12.1. The third-order valence-electron chi connectivity index (χ3n) is 7.69. The minimum Gasteiger partial charge on any atom is -0.481 e. The third kappa shape index (κ3) is 29.2. The molecule has 0 amide bonds. The summed E-state index contributed by atoms with van der Waals surface area (Å²) in [5.41, 5.74) is 0. The molecule has 39 heavy (non-hydrogen) atoms.